The van der Waals surface area contributed by atoms with Crippen molar-refractivity contribution < 1.29 is 9.53 Å². The number of rotatable bonds is 8. The average molecular weight is 375 g/mol. The molecular formula is C25H28NO2-. The van der Waals surface area contributed by atoms with Crippen LogP contribution in [0, 0.1) is 5.92 Å². The van der Waals surface area contributed by atoms with Gasteiger partial charge in [0, 0.05) is 6.54 Å². The van der Waals surface area contributed by atoms with Gasteiger partial charge in [-0.2, -0.15) is 12.1 Å². The third kappa shape index (κ3) is 4.93. The number of hydrogen-bond acceptors (Lipinski definition) is 3. The number of ether oxygens (including phenoxy) is 1. The van der Waals surface area contributed by atoms with Gasteiger partial charge in [0.15, 0.2) is 5.78 Å². The predicted octanol–water partition coefficient (Wildman–Crippen LogP) is 4.98. The molecule has 3 heteroatoms. The van der Waals surface area contributed by atoms with Crippen LogP contribution in [0.15, 0.2) is 72.8 Å². The summed E-state index contributed by atoms with van der Waals surface area (Å²) in [6, 6.07) is 16.8. The highest BCUT2D eigenvalue weighted by Crippen LogP contribution is 2.37. The van der Waals surface area contributed by atoms with Gasteiger partial charge < -0.3 is 9.64 Å². The van der Waals surface area contributed by atoms with E-state index in [1.807, 2.05) is 38.4 Å². The van der Waals surface area contributed by atoms with Gasteiger partial charge in [-0.05, 0) is 50.7 Å². The second-order valence-corrected chi connectivity index (χ2v) is 7.24. The maximum absolute atomic E-state index is 11.6. The third-order valence-electron chi connectivity index (χ3n) is 4.93. The van der Waals surface area contributed by atoms with Crippen LogP contribution in [0.1, 0.15) is 24.5 Å². The first kappa shape index (κ1) is 20.0. The molecule has 2 aromatic rings. The normalized spacial score (nSPS) is 15.2. The van der Waals surface area contributed by atoms with E-state index in [2.05, 4.69) is 48.2 Å². The summed E-state index contributed by atoms with van der Waals surface area (Å²) < 4.78 is 5.84. The molecule has 0 atom stereocenters. The molecule has 0 radical (unpaired) electrons. The van der Waals surface area contributed by atoms with Gasteiger partial charge in [0.2, 0.25) is 0 Å². The Morgan fingerprint density at radius 2 is 1.71 bits per heavy atom. The fourth-order valence-corrected chi connectivity index (χ4v) is 3.48. The summed E-state index contributed by atoms with van der Waals surface area (Å²) in [5, 5.41) is 0. The van der Waals surface area contributed by atoms with Crippen molar-refractivity contribution in [3.8, 4) is 5.75 Å². The molecule has 1 aliphatic carbocycles. The van der Waals surface area contributed by atoms with E-state index in [1.165, 1.54) is 16.7 Å². The molecule has 3 nitrogen and oxygen atoms in total. The molecule has 2 aromatic carbocycles. The minimum Gasteiger partial charge on any atom is -0.492 e. The van der Waals surface area contributed by atoms with Gasteiger partial charge >= 0.3 is 0 Å². The van der Waals surface area contributed by atoms with Crippen LogP contribution in [0.5, 0.6) is 5.75 Å². The maximum atomic E-state index is 11.6. The number of benzene rings is 1. The van der Waals surface area contributed by atoms with Gasteiger partial charge in [0.05, 0.1) is 0 Å². The maximum Gasteiger partial charge on any atom is 0.178 e. The zero-order valence-electron chi connectivity index (χ0n) is 16.9. The second kappa shape index (κ2) is 9.43. The first-order valence-corrected chi connectivity index (χ1v) is 9.82. The quantitative estimate of drug-likeness (QED) is 0.611. The number of ketones is 1. The van der Waals surface area contributed by atoms with Crippen molar-refractivity contribution in [2.45, 2.75) is 13.3 Å². The monoisotopic (exact) mass is 374 g/mol. The van der Waals surface area contributed by atoms with Crippen molar-refractivity contribution in [2.75, 3.05) is 27.2 Å². The molecule has 0 saturated heterocycles. The molecule has 0 amide bonds. The molecule has 28 heavy (non-hydrogen) atoms. The summed E-state index contributed by atoms with van der Waals surface area (Å²) in [7, 11) is 4.07. The fraction of sp³-hybridized carbons (Fsp3) is 0.280. The highest BCUT2D eigenvalue weighted by Gasteiger charge is 2.15. The van der Waals surface area contributed by atoms with Crippen LogP contribution in [0.25, 0.3) is 11.1 Å². The van der Waals surface area contributed by atoms with Crippen molar-refractivity contribution >= 4 is 16.9 Å². The van der Waals surface area contributed by atoms with Crippen LogP contribution in [-0.2, 0) is 4.79 Å². The van der Waals surface area contributed by atoms with E-state index in [1.54, 1.807) is 12.2 Å². The Morgan fingerprint density at radius 3 is 2.29 bits per heavy atom. The summed E-state index contributed by atoms with van der Waals surface area (Å²) >= 11 is 0. The molecule has 0 unspecified atom stereocenters. The summed E-state index contributed by atoms with van der Waals surface area (Å²) in [6.45, 7) is 3.73. The van der Waals surface area contributed by atoms with Crippen molar-refractivity contribution in [1.82, 2.24) is 4.90 Å². The summed E-state index contributed by atoms with van der Waals surface area (Å²) in [6.07, 6.45) is 8.26. The Bertz CT molecular complexity index is 852. The van der Waals surface area contributed by atoms with Crippen LogP contribution in [-0.4, -0.2) is 37.9 Å². The smallest absolute Gasteiger partial charge is 0.178 e. The summed E-state index contributed by atoms with van der Waals surface area (Å²) in [5.41, 5.74) is 4.95. The van der Waals surface area contributed by atoms with Crippen LogP contribution >= 0.6 is 0 Å². The number of likely N-dealkylation sites (N-methyl/N-ethyl adjacent to an activating group) is 1. The zero-order chi connectivity index (χ0) is 19.9. The van der Waals surface area contributed by atoms with E-state index >= 15 is 0 Å². The lowest BCUT2D eigenvalue weighted by atomic mass is 9.83. The van der Waals surface area contributed by atoms with Crippen molar-refractivity contribution in [3.63, 3.8) is 0 Å². The Morgan fingerprint density at radius 1 is 1.07 bits per heavy atom. The molecule has 0 spiro atoms. The molecule has 0 fully saturated rings. The largest absolute Gasteiger partial charge is 0.492 e. The highest BCUT2D eigenvalue weighted by molar-refractivity contribution is 6.02. The van der Waals surface area contributed by atoms with E-state index in [9.17, 15) is 4.79 Å². The lowest BCUT2D eigenvalue weighted by Gasteiger charge is -2.26. The summed E-state index contributed by atoms with van der Waals surface area (Å²) in [4.78, 5) is 13.7. The van der Waals surface area contributed by atoms with Crippen molar-refractivity contribution in [2.24, 2.45) is 5.92 Å². The third-order valence-corrected chi connectivity index (χ3v) is 4.93. The molecule has 1 aliphatic rings. The molecule has 0 heterocycles. The first-order chi connectivity index (χ1) is 13.6. The van der Waals surface area contributed by atoms with Gasteiger partial charge in [0.1, 0.15) is 12.4 Å². The standard InChI is InChI=1S/C25H28NO2/c1-4-24(19-7-5-6-8-19)25(20-9-13-22(27)14-10-20)21-11-15-23(16-12-21)28-18-17-26(2)3/h5-16,20H,4,17-18H2,1-3H3/q-1. The van der Waals surface area contributed by atoms with Crippen LogP contribution in [0.2, 0.25) is 0 Å². The molecule has 0 aromatic heterocycles. The zero-order valence-corrected chi connectivity index (χ0v) is 16.9. The van der Waals surface area contributed by atoms with Crippen molar-refractivity contribution in [1.29, 1.82) is 0 Å². The van der Waals surface area contributed by atoms with Crippen molar-refractivity contribution in [3.05, 3.63) is 84.0 Å². The number of allylic oxidation sites excluding steroid dienone is 6. The number of carbonyl (C=O) groups is 1. The van der Waals surface area contributed by atoms with Gasteiger partial charge in [-0.3, -0.25) is 4.79 Å². The molecule has 0 aliphatic heterocycles. The summed E-state index contributed by atoms with van der Waals surface area (Å²) in [5.74, 6) is 1.01. The Hall–Kier alpha value is -2.78. The van der Waals surface area contributed by atoms with Gasteiger partial charge in [-0.25, -0.2) is 0 Å². The average Bonchev–Trinajstić information content (AvgIpc) is 3.22. The number of hydrogen-bond donors (Lipinski definition) is 0. The van der Waals surface area contributed by atoms with Gasteiger partial charge in [0.25, 0.3) is 0 Å². The SMILES string of the molecule is CCC(=C(c1ccc(OCCN(C)C)cc1)C1C=CC(=O)C=C1)[c-]1cccc1. The van der Waals surface area contributed by atoms with Crippen LogP contribution in [0.4, 0.5) is 0 Å². The van der Waals surface area contributed by atoms with Crippen LogP contribution in [0.3, 0.4) is 0 Å². The lowest BCUT2D eigenvalue weighted by Crippen LogP contribution is -2.19. The van der Waals surface area contributed by atoms with E-state index in [0.717, 1.165) is 24.3 Å². The fourth-order valence-electron chi connectivity index (χ4n) is 3.48. The highest BCUT2D eigenvalue weighted by atomic mass is 16.5. The van der Waals surface area contributed by atoms with Crippen LogP contribution < -0.4 is 4.74 Å². The molecule has 0 bridgehead atoms. The van der Waals surface area contributed by atoms with E-state index < -0.39 is 0 Å². The van der Waals surface area contributed by atoms with Gasteiger partial charge in [-0.1, -0.05) is 42.3 Å². The van der Waals surface area contributed by atoms with Gasteiger partial charge in [-0.15, -0.1) is 23.3 Å². The lowest BCUT2D eigenvalue weighted by molar-refractivity contribution is -0.110. The predicted molar refractivity (Wildman–Crippen MR) is 116 cm³/mol. The Labute approximate surface area is 168 Å². The number of nitrogens with zero attached hydrogens (tertiary/aromatic N) is 1. The Balaban J connectivity index is 1.94. The van der Waals surface area contributed by atoms with E-state index in [0.29, 0.717) is 6.61 Å². The molecule has 0 saturated carbocycles. The van der Waals surface area contributed by atoms with E-state index in [-0.39, 0.29) is 11.7 Å². The molecule has 0 N–H and O–H groups in total. The minimum absolute atomic E-state index is 0.0478. The second-order valence-electron chi connectivity index (χ2n) is 7.24. The molecule has 146 valence electrons. The molecule has 3 rings (SSSR count). The first-order valence-electron chi connectivity index (χ1n) is 9.82. The minimum atomic E-state index is 0.0478. The van der Waals surface area contributed by atoms with E-state index in [4.69, 9.17) is 4.74 Å². The topological polar surface area (TPSA) is 29.5 Å². The number of carbonyl (C=O) groups excluding carboxylic acids is 1. The Kier molecular flexibility index (Phi) is 6.72. The molecular weight excluding hydrogens is 346 g/mol.